The molecule has 0 radical (unpaired) electrons. The minimum atomic E-state index is -4.50. The molecule has 2 heterocycles. The molecule has 0 aliphatic heterocycles. The highest BCUT2D eigenvalue weighted by molar-refractivity contribution is 7.16. The fraction of sp³-hybridized carbons (Fsp3) is 0.222. The summed E-state index contributed by atoms with van der Waals surface area (Å²) in [5, 5.41) is 6.09. The van der Waals surface area contributed by atoms with E-state index in [1.165, 1.54) is 29.8 Å². The summed E-state index contributed by atoms with van der Waals surface area (Å²) in [4.78, 5) is 9.26. The first-order valence-electron chi connectivity index (χ1n) is 7.65. The summed E-state index contributed by atoms with van der Waals surface area (Å²) in [6.07, 6.45) is -2.66. The lowest BCUT2D eigenvalue weighted by Gasteiger charge is -2.12. The molecule has 0 saturated carbocycles. The fourth-order valence-corrected chi connectivity index (χ4v) is 3.25. The van der Waals surface area contributed by atoms with Crippen LogP contribution in [0.3, 0.4) is 0 Å². The molecule has 3 nitrogen and oxygen atoms in total. The number of thiophene rings is 1. The van der Waals surface area contributed by atoms with Crippen LogP contribution in [0.5, 0.6) is 0 Å². The van der Waals surface area contributed by atoms with Gasteiger partial charge < -0.3 is 5.32 Å². The Morgan fingerprint density at radius 3 is 2.85 bits per heavy atom. The summed E-state index contributed by atoms with van der Waals surface area (Å²) in [7, 11) is 0. The maximum absolute atomic E-state index is 13.1. The molecule has 1 aromatic carbocycles. The number of nitrogens with one attached hydrogen (secondary N) is 1. The smallest absolute Gasteiger partial charge is 0.366 e. The first-order chi connectivity index (χ1) is 12.3. The third-order valence-corrected chi connectivity index (χ3v) is 4.62. The molecule has 1 unspecified atom stereocenters. The van der Waals surface area contributed by atoms with Crippen molar-refractivity contribution in [3.05, 3.63) is 52.1 Å². The van der Waals surface area contributed by atoms with E-state index in [9.17, 15) is 13.2 Å². The summed E-state index contributed by atoms with van der Waals surface area (Å²) in [5.41, 5.74) is -0.912. The van der Waals surface area contributed by atoms with Crippen molar-refractivity contribution in [2.75, 3.05) is 5.32 Å². The topological polar surface area (TPSA) is 37.8 Å². The molecule has 0 aliphatic carbocycles. The predicted octanol–water partition coefficient (Wildman–Crippen LogP) is 5.61. The monoisotopic (exact) mass is 395 g/mol. The molecule has 0 fully saturated rings. The lowest BCUT2D eigenvalue weighted by molar-refractivity contribution is -0.137. The Morgan fingerprint density at radius 2 is 2.08 bits per heavy atom. The number of hydrogen-bond donors (Lipinski definition) is 1. The van der Waals surface area contributed by atoms with Gasteiger partial charge in [0.25, 0.3) is 0 Å². The van der Waals surface area contributed by atoms with Gasteiger partial charge in [0.1, 0.15) is 17.0 Å². The number of fused-ring (bicyclic) bond motifs is 1. The van der Waals surface area contributed by atoms with Crippen LogP contribution in [0.4, 0.5) is 19.0 Å². The Bertz CT molecular complexity index is 988. The second-order valence-electron chi connectivity index (χ2n) is 5.60. The van der Waals surface area contributed by atoms with Crippen LogP contribution in [-0.2, 0) is 6.18 Å². The lowest BCUT2D eigenvalue weighted by Crippen LogP contribution is -2.15. The van der Waals surface area contributed by atoms with Crippen molar-refractivity contribution in [1.29, 1.82) is 0 Å². The van der Waals surface area contributed by atoms with Gasteiger partial charge in [0.2, 0.25) is 0 Å². The number of alkyl halides is 3. The molecule has 3 rings (SSSR count). The average molecular weight is 396 g/mol. The molecule has 134 valence electrons. The van der Waals surface area contributed by atoms with Crippen molar-refractivity contribution in [2.24, 2.45) is 0 Å². The molecule has 0 aliphatic rings. The van der Waals surface area contributed by atoms with E-state index < -0.39 is 11.7 Å². The van der Waals surface area contributed by atoms with E-state index in [4.69, 9.17) is 11.6 Å². The van der Waals surface area contributed by atoms with E-state index in [0.29, 0.717) is 12.2 Å². The Hall–Kier alpha value is -2.30. The van der Waals surface area contributed by atoms with E-state index in [1.807, 2.05) is 18.4 Å². The van der Waals surface area contributed by atoms with E-state index in [1.54, 1.807) is 0 Å². The first kappa shape index (κ1) is 18.5. The number of halogens is 4. The number of hydrogen-bond acceptors (Lipinski definition) is 4. The van der Waals surface area contributed by atoms with Gasteiger partial charge in [0.15, 0.2) is 0 Å². The third-order valence-electron chi connectivity index (χ3n) is 3.56. The van der Waals surface area contributed by atoms with Crippen LogP contribution in [0.15, 0.2) is 36.0 Å². The Morgan fingerprint density at radius 1 is 1.27 bits per heavy atom. The van der Waals surface area contributed by atoms with Crippen molar-refractivity contribution in [2.45, 2.75) is 25.6 Å². The zero-order valence-corrected chi connectivity index (χ0v) is 15.1. The van der Waals surface area contributed by atoms with Crippen molar-refractivity contribution in [3.8, 4) is 11.8 Å². The summed E-state index contributed by atoms with van der Waals surface area (Å²) >= 11 is 7.18. The van der Waals surface area contributed by atoms with E-state index in [2.05, 4.69) is 27.1 Å². The van der Waals surface area contributed by atoms with E-state index in [0.717, 1.165) is 16.3 Å². The Balaban J connectivity index is 1.73. The third kappa shape index (κ3) is 4.26. The number of aromatic nitrogens is 2. The molecule has 26 heavy (non-hydrogen) atoms. The molecule has 0 spiro atoms. The molecule has 0 saturated heterocycles. The van der Waals surface area contributed by atoms with Gasteiger partial charge in [-0.2, -0.15) is 13.2 Å². The van der Waals surface area contributed by atoms with Crippen molar-refractivity contribution < 1.29 is 13.2 Å². The van der Waals surface area contributed by atoms with Crippen LogP contribution in [0.2, 0.25) is 5.02 Å². The van der Waals surface area contributed by atoms with Crippen LogP contribution in [0.25, 0.3) is 10.2 Å². The van der Waals surface area contributed by atoms with Gasteiger partial charge in [-0.3, -0.25) is 0 Å². The summed E-state index contributed by atoms with van der Waals surface area (Å²) in [5.74, 6) is 6.08. The summed E-state index contributed by atoms with van der Waals surface area (Å²) in [6, 6.07) is 5.40. The normalized spacial score (nSPS) is 12.5. The second kappa shape index (κ2) is 7.52. The maximum Gasteiger partial charge on any atom is 0.417 e. The van der Waals surface area contributed by atoms with Crippen LogP contribution in [0, 0.1) is 11.8 Å². The van der Waals surface area contributed by atoms with Crippen LogP contribution >= 0.6 is 22.9 Å². The highest BCUT2D eigenvalue weighted by atomic mass is 35.5. The summed E-state index contributed by atoms with van der Waals surface area (Å²) in [6.45, 7) is 1.89. The first-order valence-corrected chi connectivity index (χ1v) is 8.90. The molecule has 1 N–H and O–H groups in total. The Labute approximate surface area is 157 Å². The highest BCUT2D eigenvalue weighted by Crippen LogP contribution is 2.33. The molecule has 1 atom stereocenters. The van der Waals surface area contributed by atoms with Gasteiger partial charge in [-0.05, 0) is 36.6 Å². The quantitative estimate of drug-likeness (QED) is 0.586. The van der Waals surface area contributed by atoms with E-state index in [-0.39, 0.29) is 16.6 Å². The van der Waals surface area contributed by atoms with Crippen molar-refractivity contribution in [1.82, 2.24) is 9.97 Å². The zero-order valence-electron chi connectivity index (χ0n) is 13.6. The zero-order chi connectivity index (χ0) is 18.7. The standard InChI is InChI=1S/C18H13ClF3N3S/c1-11(25-16-14-7-8-26-17(14)24-10-23-16)3-2-4-12-5-6-13(19)9-15(12)18(20,21)22/h5-11H,3H2,1H3,(H,23,24,25). The van der Waals surface area contributed by atoms with Gasteiger partial charge in [-0.15, -0.1) is 11.3 Å². The van der Waals surface area contributed by atoms with E-state index >= 15 is 0 Å². The molecule has 8 heteroatoms. The van der Waals surface area contributed by atoms with Gasteiger partial charge >= 0.3 is 6.18 Å². The van der Waals surface area contributed by atoms with Gasteiger partial charge in [0.05, 0.1) is 10.9 Å². The SMILES string of the molecule is CC(CC#Cc1ccc(Cl)cc1C(F)(F)F)Nc1ncnc2sccc12. The molecule has 3 aromatic rings. The van der Waals surface area contributed by atoms with Crippen LogP contribution < -0.4 is 5.32 Å². The van der Waals surface area contributed by atoms with Gasteiger partial charge in [-0.25, -0.2) is 9.97 Å². The molecular formula is C18H13ClF3N3S. The number of nitrogens with zero attached hydrogens (tertiary/aromatic N) is 2. The fourth-order valence-electron chi connectivity index (χ4n) is 2.35. The number of rotatable bonds is 3. The van der Waals surface area contributed by atoms with Gasteiger partial charge in [0, 0.05) is 23.0 Å². The Kier molecular flexibility index (Phi) is 5.35. The highest BCUT2D eigenvalue weighted by Gasteiger charge is 2.33. The van der Waals surface area contributed by atoms with Crippen molar-refractivity contribution >= 4 is 39.0 Å². The average Bonchev–Trinajstić information content (AvgIpc) is 3.05. The van der Waals surface area contributed by atoms with Crippen LogP contribution in [-0.4, -0.2) is 16.0 Å². The predicted molar refractivity (Wildman–Crippen MR) is 98.4 cm³/mol. The molecule has 2 aromatic heterocycles. The minimum absolute atomic E-state index is 0.0291. The van der Waals surface area contributed by atoms with Crippen molar-refractivity contribution in [3.63, 3.8) is 0 Å². The summed E-state index contributed by atoms with van der Waals surface area (Å²) < 4.78 is 39.2. The largest absolute Gasteiger partial charge is 0.417 e. The van der Waals surface area contributed by atoms with Crippen LogP contribution in [0.1, 0.15) is 24.5 Å². The number of benzene rings is 1. The van der Waals surface area contributed by atoms with Gasteiger partial charge in [-0.1, -0.05) is 23.4 Å². The lowest BCUT2D eigenvalue weighted by atomic mass is 10.1. The molecule has 0 bridgehead atoms. The maximum atomic E-state index is 13.1. The minimum Gasteiger partial charge on any atom is -0.366 e. The second-order valence-corrected chi connectivity index (χ2v) is 6.93. The molecular weight excluding hydrogens is 383 g/mol. The molecule has 0 amide bonds. The number of anilines is 1.